The summed E-state index contributed by atoms with van der Waals surface area (Å²) in [4.78, 5) is 24.3. The number of methoxy groups -OCH3 is 1. The molecule has 0 saturated heterocycles. The number of rotatable bonds is 3. The van der Waals surface area contributed by atoms with Crippen LogP contribution in [0.4, 0.5) is 0 Å². The van der Waals surface area contributed by atoms with Gasteiger partial charge in [-0.1, -0.05) is 24.3 Å². The first-order valence-electron chi connectivity index (χ1n) is 7.79. The number of phenolic OH excluding ortho intramolecular Hbond substituents is 1. The Hall–Kier alpha value is -3.08. The maximum absolute atomic E-state index is 12.9. The number of benzene rings is 2. The highest BCUT2D eigenvalue weighted by Gasteiger charge is 2.20. The molecule has 0 amide bonds. The van der Waals surface area contributed by atoms with Gasteiger partial charge in [0.1, 0.15) is 28.7 Å². The molecule has 3 aromatic rings. The zero-order chi connectivity index (χ0) is 18.3. The Kier molecular flexibility index (Phi) is 4.08. The summed E-state index contributed by atoms with van der Waals surface area (Å²) < 4.78 is 11.0. The number of aromatic hydroxyl groups is 1. The minimum atomic E-state index is -0.330. The summed E-state index contributed by atoms with van der Waals surface area (Å²) in [6.45, 7) is 4.95. The fourth-order valence-corrected chi connectivity index (χ4v) is 3.03. The van der Waals surface area contributed by atoms with Crippen LogP contribution in [-0.4, -0.2) is 18.0 Å². The molecule has 3 rings (SSSR count). The highest BCUT2D eigenvalue weighted by molar-refractivity contribution is 5.95. The highest BCUT2D eigenvalue weighted by Crippen LogP contribution is 2.38. The van der Waals surface area contributed by atoms with E-state index in [1.807, 2.05) is 0 Å². The van der Waals surface area contributed by atoms with Crippen LogP contribution in [0, 0.1) is 13.8 Å². The van der Waals surface area contributed by atoms with Gasteiger partial charge in [0.2, 0.25) is 5.43 Å². The third-order valence-electron chi connectivity index (χ3n) is 4.41. The van der Waals surface area contributed by atoms with Crippen LogP contribution in [0.5, 0.6) is 11.5 Å². The molecule has 2 aromatic carbocycles. The Labute approximate surface area is 144 Å². The summed E-state index contributed by atoms with van der Waals surface area (Å²) in [6, 6.07) is 6.70. The Balaban J connectivity index is 2.29. The molecule has 0 aliphatic heterocycles. The van der Waals surface area contributed by atoms with Gasteiger partial charge in [-0.25, -0.2) is 0 Å². The third kappa shape index (κ3) is 2.58. The topological polar surface area (TPSA) is 76.7 Å². The number of Topliss-reactive ketones (excluding diaryl/α,β-unsaturated/α-hetero) is 1. The molecule has 5 heteroatoms. The van der Waals surface area contributed by atoms with Crippen molar-refractivity contribution in [1.82, 2.24) is 0 Å². The number of carbonyl (C=O) groups is 1. The SMILES string of the molecule is COc1c(C)c(O)c2c(=O)c(-c3ccc(C(C)=O)cc3)coc2c1C. The minimum Gasteiger partial charge on any atom is -0.507 e. The zero-order valence-electron chi connectivity index (χ0n) is 14.5. The number of carbonyl (C=O) groups excluding carboxylic acids is 1. The van der Waals surface area contributed by atoms with E-state index in [1.54, 1.807) is 38.1 Å². The molecule has 0 bridgehead atoms. The number of ether oxygens (including phenoxy) is 1. The van der Waals surface area contributed by atoms with E-state index in [2.05, 4.69) is 0 Å². The van der Waals surface area contributed by atoms with Crippen LogP contribution in [-0.2, 0) is 0 Å². The molecular formula is C20H18O5. The van der Waals surface area contributed by atoms with Gasteiger partial charge in [-0.2, -0.15) is 0 Å². The lowest BCUT2D eigenvalue weighted by atomic mass is 9.99. The average Bonchev–Trinajstić information content (AvgIpc) is 2.60. The Morgan fingerprint density at radius 3 is 2.32 bits per heavy atom. The second-order valence-electron chi connectivity index (χ2n) is 5.95. The summed E-state index contributed by atoms with van der Waals surface area (Å²) in [5.41, 5.74) is 2.62. The van der Waals surface area contributed by atoms with Crippen LogP contribution < -0.4 is 10.2 Å². The predicted octanol–water partition coefficient (Wildman–Crippen LogP) is 3.99. The smallest absolute Gasteiger partial charge is 0.204 e. The number of hydrogen-bond donors (Lipinski definition) is 1. The first-order chi connectivity index (χ1) is 11.9. The van der Waals surface area contributed by atoms with E-state index < -0.39 is 0 Å². The van der Waals surface area contributed by atoms with Crippen molar-refractivity contribution in [1.29, 1.82) is 0 Å². The van der Waals surface area contributed by atoms with Gasteiger partial charge >= 0.3 is 0 Å². The van der Waals surface area contributed by atoms with E-state index in [9.17, 15) is 14.7 Å². The number of ketones is 1. The van der Waals surface area contributed by atoms with Crippen molar-refractivity contribution in [2.24, 2.45) is 0 Å². The van der Waals surface area contributed by atoms with Crippen LogP contribution in [0.2, 0.25) is 0 Å². The molecule has 0 fully saturated rings. The van der Waals surface area contributed by atoms with Gasteiger partial charge in [0.25, 0.3) is 0 Å². The molecule has 0 aliphatic carbocycles. The summed E-state index contributed by atoms with van der Waals surface area (Å²) in [5.74, 6) is 0.299. The van der Waals surface area contributed by atoms with Gasteiger partial charge in [0, 0.05) is 16.7 Å². The summed E-state index contributed by atoms with van der Waals surface area (Å²) in [5, 5.41) is 10.6. The standard InChI is InChI=1S/C20H18O5/c1-10-17(22)16-18(23)15(9-25-20(16)11(2)19(10)24-4)14-7-5-13(6-8-14)12(3)21/h5-9,22H,1-4H3. The fraction of sp³-hybridized carbons (Fsp3) is 0.200. The predicted molar refractivity (Wildman–Crippen MR) is 95.6 cm³/mol. The molecule has 1 aromatic heterocycles. The Morgan fingerprint density at radius 1 is 1.12 bits per heavy atom. The Bertz CT molecular complexity index is 1040. The summed E-state index contributed by atoms with van der Waals surface area (Å²) in [7, 11) is 1.50. The van der Waals surface area contributed by atoms with Gasteiger partial charge in [-0.15, -0.1) is 0 Å². The van der Waals surface area contributed by atoms with E-state index in [0.29, 0.717) is 39.1 Å². The largest absolute Gasteiger partial charge is 0.507 e. The van der Waals surface area contributed by atoms with E-state index in [4.69, 9.17) is 9.15 Å². The van der Waals surface area contributed by atoms with Crippen molar-refractivity contribution in [3.63, 3.8) is 0 Å². The van der Waals surface area contributed by atoms with E-state index in [1.165, 1.54) is 20.3 Å². The van der Waals surface area contributed by atoms with Crippen LogP contribution in [0.15, 0.2) is 39.7 Å². The quantitative estimate of drug-likeness (QED) is 0.731. The van der Waals surface area contributed by atoms with Crippen LogP contribution in [0.1, 0.15) is 28.4 Å². The van der Waals surface area contributed by atoms with Crippen molar-refractivity contribution in [3.05, 3.63) is 57.4 Å². The van der Waals surface area contributed by atoms with Crippen molar-refractivity contribution in [3.8, 4) is 22.6 Å². The third-order valence-corrected chi connectivity index (χ3v) is 4.41. The molecule has 1 N–H and O–H groups in total. The van der Waals surface area contributed by atoms with E-state index >= 15 is 0 Å². The Morgan fingerprint density at radius 2 is 1.76 bits per heavy atom. The number of phenols is 1. The normalized spacial score (nSPS) is 10.9. The maximum atomic E-state index is 12.9. The maximum Gasteiger partial charge on any atom is 0.204 e. The molecular weight excluding hydrogens is 320 g/mol. The molecule has 0 aliphatic rings. The summed E-state index contributed by atoms with van der Waals surface area (Å²) in [6.07, 6.45) is 1.37. The van der Waals surface area contributed by atoms with E-state index in [-0.39, 0.29) is 22.3 Å². The highest BCUT2D eigenvalue weighted by atomic mass is 16.5. The fourth-order valence-electron chi connectivity index (χ4n) is 3.03. The first-order valence-corrected chi connectivity index (χ1v) is 7.79. The molecule has 0 saturated carbocycles. The lowest BCUT2D eigenvalue weighted by Crippen LogP contribution is -2.07. The average molecular weight is 338 g/mol. The van der Waals surface area contributed by atoms with Crippen LogP contribution in [0.25, 0.3) is 22.1 Å². The lowest BCUT2D eigenvalue weighted by Gasteiger charge is -2.13. The van der Waals surface area contributed by atoms with Crippen molar-refractivity contribution >= 4 is 16.8 Å². The van der Waals surface area contributed by atoms with Crippen molar-refractivity contribution in [2.75, 3.05) is 7.11 Å². The van der Waals surface area contributed by atoms with Gasteiger partial charge in [-0.3, -0.25) is 9.59 Å². The molecule has 128 valence electrons. The molecule has 25 heavy (non-hydrogen) atoms. The van der Waals surface area contributed by atoms with Gasteiger partial charge in [0.05, 0.1) is 12.7 Å². The second kappa shape index (κ2) is 6.09. The van der Waals surface area contributed by atoms with E-state index in [0.717, 1.165) is 0 Å². The second-order valence-corrected chi connectivity index (χ2v) is 5.95. The first kappa shape index (κ1) is 16.8. The van der Waals surface area contributed by atoms with Gasteiger partial charge in [0.15, 0.2) is 5.78 Å². The molecule has 1 heterocycles. The lowest BCUT2D eigenvalue weighted by molar-refractivity contribution is 0.101. The molecule has 0 atom stereocenters. The molecule has 0 spiro atoms. The molecule has 0 unspecified atom stereocenters. The van der Waals surface area contributed by atoms with Gasteiger partial charge < -0.3 is 14.3 Å². The number of fused-ring (bicyclic) bond motifs is 1. The number of hydrogen-bond acceptors (Lipinski definition) is 5. The monoisotopic (exact) mass is 338 g/mol. The van der Waals surface area contributed by atoms with Crippen LogP contribution >= 0.6 is 0 Å². The van der Waals surface area contributed by atoms with Crippen molar-refractivity contribution < 1.29 is 19.1 Å². The van der Waals surface area contributed by atoms with Crippen LogP contribution in [0.3, 0.4) is 0 Å². The van der Waals surface area contributed by atoms with Crippen molar-refractivity contribution in [2.45, 2.75) is 20.8 Å². The zero-order valence-corrected chi connectivity index (χ0v) is 14.5. The number of aryl methyl sites for hydroxylation is 1. The molecule has 0 radical (unpaired) electrons. The van der Waals surface area contributed by atoms with Gasteiger partial charge in [-0.05, 0) is 26.3 Å². The minimum absolute atomic E-state index is 0.0481. The summed E-state index contributed by atoms with van der Waals surface area (Å²) >= 11 is 0. The molecule has 5 nitrogen and oxygen atoms in total.